The van der Waals surface area contributed by atoms with E-state index in [9.17, 15) is 5.11 Å². The lowest BCUT2D eigenvalue weighted by molar-refractivity contribution is -0.00853. The number of fused-ring (bicyclic) bond motifs is 1. The van der Waals surface area contributed by atoms with Gasteiger partial charge in [0.05, 0.1) is 6.10 Å². The molecule has 1 N–H and O–H groups in total. The van der Waals surface area contributed by atoms with Crippen LogP contribution in [0.3, 0.4) is 0 Å². The fraction of sp³-hybridized carbons (Fsp3) is 0.647. The molecule has 0 fully saturated rings. The van der Waals surface area contributed by atoms with Crippen LogP contribution in [0.4, 0.5) is 0 Å². The summed E-state index contributed by atoms with van der Waals surface area (Å²) in [7, 11) is 0. The molecule has 3 heteroatoms. The van der Waals surface area contributed by atoms with Gasteiger partial charge in [-0.1, -0.05) is 48.5 Å². The molecule has 20 heavy (non-hydrogen) atoms. The van der Waals surface area contributed by atoms with Crippen LogP contribution in [-0.4, -0.2) is 10.7 Å². The van der Waals surface area contributed by atoms with Gasteiger partial charge in [0.25, 0.3) is 0 Å². The SMILES string of the molecule is CCCCCCCC1(C)C[C@@H](O)c2cc(Br)ccc2O1. The van der Waals surface area contributed by atoms with Gasteiger partial charge in [0, 0.05) is 16.5 Å². The van der Waals surface area contributed by atoms with Crippen LogP contribution < -0.4 is 4.74 Å². The third kappa shape index (κ3) is 3.98. The number of hydrogen-bond acceptors (Lipinski definition) is 2. The third-order valence-corrected chi connectivity index (χ3v) is 4.61. The Morgan fingerprint density at radius 3 is 2.80 bits per heavy atom. The van der Waals surface area contributed by atoms with Gasteiger partial charge in [0.15, 0.2) is 0 Å². The van der Waals surface area contributed by atoms with E-state index >= 15 is 0 Å². The van der Waals surface area contributed by atoms with E-state index in [0.717, 1.165) is 22.2 Å². The Morgan fingerprint density at radius 1 is 1.30 bits per heavy atom. The van der Waals surface area contributed by atoms with Crippen LogP contribution in [0.15, 0.2) is 22.7 Å². The predicted octanol–water partition coefficient (Wildman–Crippen LogP) is 5.38. The van der Waals surface area contributed by atoms with Crippen molar-refractivity contribution in [2.45, 2.75) is 70.5 Å². The lowest BCUT2D eigenvalue weighted by Crippen LogP contribution is -2.38. The van der Waals surface area contributed by atoms with Crippen molar-refractivity contribution in [3.05, 3.63) is 28.2 Å². The first kappa shape index (κ1) is 15.8. The van der Waals surface area contributed by atoms with Gasteiger partial charge in [-0.05, 0) is 38.0 Å². The van der Waals surface area contributed by atoms with E-state index in [-0.39, 0.29) is 5.60 Å². The average Bonchev–Trinajstić information content (AvgIpc) is 2.39. The number of unbranched alkanes of at least 4 members (excludes halogenated alkanes) is 4. The Labute approximate surface area is 130 Å². The highest BCUT2D eigenvalue weighted by molar-refractivity contribution is 9.10. The third-order valence-electron chi connectivity index (χ3n) is 4.12. The summed E-state index contributed by atoms with van der Waals surface area (Å²) in [6.45, 7) is 4.36. The minimum Gasteiger partial charge on any atom is -0.487 e. The zero-order chi connectivity index (χ0) is 14.6. The molecule has 0 saturated heterocycles. The molecule has 1 aliphatic rings. The Morgan fingerprint density at radius 2 is 2.05 bits per heavy atom. The maximum absolute atomic E-state index is 10.4. The molecule has 0 bridgehead atoms. The molecule has 0 spiro atoms. The van der Waals surface area contributed by atoms with Crippen LogP contribution in [0.1, 0.15) is 70.5 Å². The monoisotopic (exact) mass is 340 g/mol. The molecule has 1 aliphatic heterocycles. The zero-order valence-corrected chi connectivity index (χ0v) is 14.1. The molecule has 1 heterocycles. The average molecular weight is 341 g/mol. The van der Waals surface area contributed by atoms with E-state index in [1.54, 1.807) is 0 Å². The molecule has 2 atom stereocenters. The van der Waals surface area contributed by atoms with Gasteiger partial charge in [0.1, 0.15) is 11.4 Å². The minimum atomic E-state index is -0.420. The molecule has 1 aromatic rings. The summed E-state index contributed by atoms with van der Waals surface area (Å²) in [6.07, 6.45) is 7.61. The van der Waals surface area contributed by atoms with Crippen LogP contribution in [0, 0.1) is 0 Å². The first-order valence-electron chi connectivity index (χ1n) is 7.70. The number of aliphatic hydroxyl groups excluding tert-OH is 1. The second kappa shape index (κ2) is 6.95. The number of aliphatic hydroxyl groups is 1. The van der Waals surface area contributed by atoms with E-state index in [1.807, 2.05) is 18.2 Å². The molecule has 1 unspecified atom stereocenters. The van der Waals surface area contributed by atoms with Crippen molar-refractivity contribution in [2.24, 2.45) is 0 Å². The van der Waals surface area contributed by atoms with Crippen molar-refractivity contribution >= 4 is 15.9 Å². The van der Waals surface area contributed by atoms with Crippen molar-refractivity contribution in [2.75, 3.05) is 0 Å². The minimum absolute atomic E-state index is 0.230. The van der Waals surface area contributed by atoms with Gasteiger partial charge in [-0.25, -0.2) is 0 Å². The lowest BCUT2D eigenvalue weighted by atomic mass is 9.86. The fourth-order valence-corrected chi connectivity index (χ4v) is 3.33. The summed E-state index contributed by atoms with van der Waals surface area (Å²) in [5, 5.41) is 10.4. The second-order valence-corrected chi connectivity index (χ2v) is 7.03. The number of halogens is 1. The fourth-order valence-electron chi connectivity index (χ4n) is 2.95. The smallest absolute Gasteiger partial charge is 0.126 e. The molecule has 0 amide bonds. The van der Waals surface area contributed by atoms with Crippen LogP contribution in [0.5, 0.6) is 5.75 Å². The molecule has 0 aliphatic carbocycles. The maximum Gasteiger partial charge on any atom is 0.126 e. The Balaban J connectivity index is 1.96. The Kier molecular flexibility index (Phi) is 5.50. The highest BCUT2D eigenvalue weighted by Crippen LogP contribution is 2.42. The summed E-state index contributed by atoms with van der Waals surface area (Å²) in [6, 6.07) is 5.89. The van der Waals surface area contributed by atoms with E-state index in [4.69, 9.17) is 4.74 Å². The predicted molar refractivity (Wildman–Crippen MR) is 86.1 cm³/mol. The summed E-state index contributed by atoms with van der Waals surface area (Å²) < 4.78 is 7.16. The van der Waals surface area contributed by atoms with Gasteiger partial charge in [-0.2, -0.15) is 0 Å². The number of benzene rings is 1. The van der Waals surface area contributed by atoms with Crippen LogP contribution >= 0.6 is 15.9 Å². The standard InChI is InChI=1S/C17H25BrO2/c1-3-4-5-6-7-10-17(2)12-15(19)14-11-13(18)8-9-16(14)20-17/h8-9,11,15,19H,3-7,10,12H2,1-2H3/t15-,17?/m1/s1. The Bertz CT molecular complexity index is 447. The summed E-state index contributed by atoms with van der Waals surface area (Å²) >= 11 is 3.45. The largest absolute Gasteiger partial charge is 0.487 e. The normalized spacial score (nSPS) is 25.1. The molecule has 0 aromatic heterocycles. The van der Waals surface area contributed by atoms with E-state index in [0.29, 0.717) is 6.42 Å². The van der Waals surface area contributed by atoms with E-state index in [2.05, 4.69) is 29.8 Å². The van der Waals surface area contributed by atoms with Crippen molar-refractivity contribution in [1.29, 1.82) is 0 Å². The highest BCUT2D eigenvalue weighted by Gasteiger charge is 2.36. The molecule has 2 rings (SSSR count). The summed E-state index contributed by atoms with van der Waals surface area (Å²) in [5.74, 6) is 0.836. The number of rotatable bonds is 6. The summed E-state index contributed by atoms with van der Waals surface area (Å²) in [4.78, 5) is 0. The zero-order valence-electron chi connectivity index (χ0n) is 12.5. The van der Waals surface area contributed by atoms with E-state index in [1.165, 1.54) is 32.1 Å². The van der Waals surface area contributed by atoms with Gasteiger partial charge in [-0.15, -0.1) is 0 Å². The molecular weight excluding hydrogens is 316 g/mol. The molecular formula is C17H25BrO2. The number of ether oxygens (including phenoxy) is 1. The first-order valence-corrected chi connectivity index (χ1v) is 8.50. The number of hydrogen-bond donors (Lipinski definition) is 1. The Hall–Kier alpha value is -0.540. The van der Waals surface area contributed by atoms with Gasteiger partial charge in [0.2, 0.25) is 0 Å². The van der Waals surface area contributed by atoms with Crippen LogP contribution in [0.25, 0.3) is 0 Å². The van der Waals surface area contributed by atoms with Crippen molar-refractivity contribution in [1.82, 2.24) is 0 Å². The van der Waals surface area contributed by atoms with Crippen LogP contribution in [-0.2, 0) is 0 Å². The molecule has 1 aromatic carbocycles. The quantitative estimate of drug-likeness (QED) is 0.704. The topological polar surface area (TPSA) is 29.5 Å². The highest BCUT2D eigenvalue weighted by atomic mass is 79.9. The lowest BCUT2D eigenvalue weighted by Gasteiger charge is -2.38. The van der Waals surface area contributed by atoms with Gasteiger partial charge in [-0.3, -0.25) is 0 Å². The van der Waals surface area contributed by atoms with Crippen molar-refractivity contribution in [3.8, 4) is 5.75 Å². The van der Waals surface area contributed by atoms with Gasteiger partial charge < -0.3 is 9.84 Å². The molecule has 0 radical (unpaired) electrons. The first-order chi connectivity index (χ1) is 9.54. The second-order valence-electron chi connectivity index (χ2n) is 6.12. The summed E-state index contributed by atoms with van der Waals surface area (Å²) in [5.41, 5.74) is 0.676. The molecule has 0 saturated carbocycles. The molecule has 2 nitrogen and oxygen atoms in total. The maximum atomic E-state index is 10.4. The van der Waals surface area contributed by atoms with Gasteiger partial charge >= 0.3 is 0 Å². The molecule has 112 valence electrons. The van der Waals surface area contributed by atoms with E-state index < -0.39 is 6.10 Å². The van der Waals surface area contributed by atoms with Crippen LogP contribution in [0.2, 0.25) is 0 Å². The van der Waals surface area contributed by atoms with Crippen molar-refractivity contribution < 1.29 is 9.84 Å². The van der Waals surface area contributed by atoms with Crippen molar-refractivity contribution in [3.63, 3.8) is 0 Å².